The Balaban J connectivity index is 1.61. The smallest absolute Gasteiger partial charge is 0.242 e. The number of amides is 2. The molecule has 5 heterocycles. The predicted molar refractivity (Wildman–Crippen MR) is 109 cm³/mol. The highest BCUT2D eigenvalue weighted by molar-refractivity contribution is 6.22. The lowest BCUT2D eigenvalue weighted by molar-refractivity contribution is -0.158. The van der Waals surface area contributed by atoms with Gasteiger partial charge in [-0.05, 0) is 31.9 Å². The summed E-state index contributed by atoms with van der Waals surface area (Å²) in [7, 11) is 0. The predicted octanol–water partition coefficient (Wildman–Crippen LogP) is 0.688. The fourth-order valence-electron chi connectivity index (χ4n) is 5.62. The molecule has 3 aliphatic heterocycles. The minimum absolute atomic E-state index is 0.0599. The van der Waals surface area contributed by atoms with E-state index in [4.69, 9.17) is 9.26 Å². The molecule has 3 aliphatic rings. The number of ketones is 1. The number of Topliss-reactive ketones (excluding diaryl/α,β-unsaturated/α-hetero) is 1. The van der Waals surface area contributed by atoms with Gasteiger partial charge in [0.15, 0.2) is 11.6 Å². The average Bonchev–Trinajstić information content (AvgIpc) is 3.41. The Morgan fingerprint density at radius 2 is 2.09 bits per heavy atom. The van der Waals surface area contributed by atoms with Crippen LogP contribution in [0.25, 0.3) is 16.8 Å². The molecule has 1 aromatic carbocycles. The number of fused-ring (bicyclic) bond motifs is 5. The molecule has 2 saturated heterocycles. The Morgan fingerprint density at radius 1 is 1.27 bits per heavy atom. The molecule has 0 saturated carbocycles. The Kier molecular flexibility index (Phi) is 4.04. The summed E-state index contributed by atoms with van der Waals surface area (Å²) < 4.78 is 28.6. The Labute approximate surface area is 185 Å². The van der Waals surface area contributed by atoms with E-state index in [9.17, 15) is 14.4 Å². The fourth-order valence-corrected chi connectivity index (χ4v) is 5.62. The van der Waals surface area contributed by atoms with Crippen LogP contribution in [0.15, 0.2) is 23.0 Å². The molecule has 0 radical (unpaired) electrons. The first-order valence-electron chi connectivity index (χ1n) is 10.6. The van der Waals surface area contributed by atoms with Crippen LogP contribution in [0.3, 0.4) is 0 Å². The molecule has 4 atom stereocenters. The average molecular weight is 454 g/mol. The van der Waals surface area contributed by atoms with Gasteiger partial charge in [0.2, 0.25) is 23.2 Å². The molecule has 2 amide bonds. The summed E-state index contributed by atoms with van der Waals surface area (Å²) in [5.74, 6) is -2.22. The Hall–Kier alpha value is -3.67. The largest absolute Gasteiger partial charge is 0.372 e. The first-order valence-corrected chi connectivity index (χ1v) is 10.6. The van der Waals surface area contributed by atoms with E-state index in [2.05, 4.69) is 20.8 Å². The highest BCUT2D eigenvalue weighted by Crippen LogP contribution is 2.50. The van der Waals surface area contributed by atoms with E-state index in [-0.39, 0.29) is 36.2 Å². The van der Waals surface area contributed by atoms with E-state index in [1.165, 1.54) is 10.9 Å². The number of hydrogen-bond donors (Lipinski definition) is 1. The number of carbonyl (C=O) groups excluding carboxylic acids is 3. The number of nitrogens with one attached hydrogen (secondary N) is 1. The number of hydrogen-bond acceptors (Lipinski definition) is 9. The summed E-state index contributed by atoms with van der Waals surface area (Å²) >= 11 is 0. The van der Waals surface area contributed by atoms with Crippen molar-refractivity contribution in [1.29, 1.82) is 0 Å². The molecule has 3 aromatic rings. The zero-order valence-corrected chi connectivity index (χ0v) is 17.7. The van der Waals surface area contributed by atoms with Crippen LogP contribution in [0.1, 0.15) is 25.8 Å². The third-order valence-corrected chi connectivity index (χ3v) is 6.80. The highest BCUT2D eigenvalue weighted by Gasteiger charge is 2.62. The van der Waals surface area contributed by atoms with Crippen LogP contribution in [0.2, 0.25) is 0 Å². The van der Waals surface area contributed by atoms with Crippen molar-refractivity contribution in [3.05, 3.63) is 29.8 Å². The molecule has 6 rings (SSSR count). The van der Waals surface area contributed by atoms with Gasteiger partial charge in [-0.15, -0.1) is 5.10 Å². The molecule has 0 aliphatic carbocycles. The number of benzene rings is 1. The highest BCUT2D eigenvalue weighted by atomic mass is 19.1. The number of aromatic nitrogens is 4. The van der Waals surface area contributed by atoms with E-state index in [1.807, 2.05) is 6.92 Å². The van der Waals surface area contributed by atoms with Crippen LogP contribution in [-0.2, 0) is 25.5 Å². The molecule has 2 fully saturated rings. The van der Waals surface area contributed by atoms with Crippen LogP contribution in [0.4, 0.5) is 10.1 Å². The monoisotopic (exact) mass is 454 g/mol. The number of ether oxygens (including phenoxy) is 1. The first kappa shape index (κ1) is 20.0. The summed E-state index contributed by atoms with van der Waals surface area (Å²) in [4.78, 5) is 40.2. The van der Waals surface area contributed by atoms with Gasteiger partial charge >= 0.3 is 0 Å². The molecule has 170 valence electrons. The summed E-state index contributed by atoms with van der Waals surface area (Å²) in [6, 6.07) is 0.882. The lowest BCUT2D eigenvalue weighted by atomic mass is 9.63. The van der Waals surface area contributed by atoms with Crippen molar-refractivity contribution in [1.82, 2.24) is 25.5 Å². The zero-order valence-electron chi connectivity index (χ0n) is 17.7. The number of carbonyl (C=O) groups is 3. The number of halogens is 1. The molecular formula is C21H19FN6O5. The lowest BCUT2D eigenvalue weighted by Gasteiger charge is -2.55. The van der Waals surface area contributed by atoms with E-state index in [0.29, 0.717) is 10.9 Å². The minimum Gasteiger partial charge on any atom is -0.372 e. The van der Waals surface area contributed by atoms with Crippen LogP contribution >= 0.6 is 0 Å². The number of piperidine rings is 1. The SMILES string of the molecule is C[C@@H]1CN2c3c(cc4c(-n5ccnn5)noc4c3F)CC3(C(=O)CC(=O)NC3=O)[C@H]2[C@H](C)O1. The third-order valence-electron chi connectivity index (χ3n) is 6.80. The maximum Gasteiger partial charge on any atom is 0.242 e. The van der Waals surface area contributed by atoms with Crippen LogP contribution in [0, 0.1) is 11.2 Å². The van der Waals surface area contributed by atoms with Crippen molar-refractivity contribution >= 4 is 34.3 Å². The molecule has 11 nitrogen and oxygen atoms in total. The topological polar surface area (TPSA) is 132 Å². The third kappa shape index (κ3) is 2.58. The van der Waals surface area contributed by atoms with Crippen LogP contribution in [0.5, 0.6) is 0 Å². The van der Waals surface area contributed by atoms with Crippen molar-refractivity contribution < 1.29 is 28.0 Å². The van der Waals surface area contributed by atoms with Crippen LogP contribution in [-0.4, -0.2) is 62.5 Å². The fraction of sp³-hybridized carbons (Fsp3) is 0.429. The second-order valence-electron chi connectivity index (χ2n) is 8.80. The molecule has 0 bridgehead atoms. The summed E-state index contributed by atoms with van der Waals surface area (Å²) in [6.07, 6.45) is 1.64. The lowest BCUT2D eigenvalue weighted by Crippen LogP contribution is -2.72. The second-order valence-corrected chi connectivity index (χ2v) is 8.80. The van der Waals surface area contributed by atoms with Crippen molar-refractivity contribution in [2.24, 2.45) is 5.41 Å². The first-order chi connectivity index (χ1) is 15.8. The van der Waals surface area contributed by atoms with Crippen molar-refractivity contribution in [3.8, 4) is 5.82 Å². The van der Waals surface area contributed by atoms with Gasteiger partial charge < -0.3 is 14.2 Å². The number of rotatable bonds is 1. The molecular weight excluding hydrogens is 435 g/mol. The van der Waals surface area contributed by atoms with Crippen molar-refractivity contribution in [2.75, 3.05) is 11.4 Å². The van der Waals surface area contributed by atoms with Gasteiger partial charge in [0, 0.05) is 6.54 Å². The summed E-state index contributed by atoms with van der Waals surface area (Å²) in [5.41, 5.74) is -0.959. The van der Waals surface area contributed by atoms with E-state index < -0.39 is 47.4 Å². The quantitative estimate of drug-likeness (QED) is 0.416. The van der Waals surface area contributed by atoms with Gasteiger partial charge in [-0.1, -0.05) is 10.4 Å². The van der Waals surface area contributed by atoms with E-state index in [0.717, 1.165) is 0 Å². The van der Waals surface area contributed by atoms with E-state index >= 15 is 4.39 Å². The number of imide groups is 1. The van der Waals surface area contributed by atoms with Gasteiger partial charge in [0.05, 0.1) is 48.1 Å². The Bertz CT molecular complexity index is 1310. The van der Waals surface area contributed by atoms with Gasteiger partial charge in [-0.25, -0.2) is 4.39 Å². The van der Waals surface area contributed by atoms with E-state index in [1.54, 1.807) is 24.1 Å². The summed E-state index contributed by atoms with van der Waals surface area (Å²) in [5, 5.41) is 14.2. The maximum atomic E-state index is 15.9. The van der Waals surface area contributed by atoms with Gasteiger partial charge in [0.25, 0.3) is 0 Å². The standard InChI is InChI=1S/C21H19FN6O5/c1-9-8-27-16-11(5-12-17(15(16)22)33-25-19(12)28-4-3-23-26-28)7-21(18(27)10(2)32-9)13(29)6-14(30)24-20(21)31/h3-5,9-10,18H,6-8H2,1-2H3,(H,24,30,31)/t9-,10+,18-,21?/m1/s1. The van der Waals surface area contributed by atoms with Gasteiger partial charge in [0.1, 0.15) is 5.41 Å². The molecule has 1 unspecified atom stereocenters. The number of nitrogens with zero attached hydrogens (tertiary/aromatic N) is 5. The number of anilines is 1. The van der Waals surface area contributed by atoms with Gasteiger partial charge in [-0.3, -0.25) is 19.7 Å². The van der Waals surface area contributed by atoms with Crippen molar-refractivity contribution in [3.63, 3.8) is 0 Å². The molecule has 33 heavy (non-hydrogen) atoms. The molecule has 1 spiro atoms. The molecule has 1 N–H and O–H groups in total. The number of morpholine rings is 1. The summed E-state index contributed by atoms with van der Waals surface area (Å²) in [6.45, 7) is 3.85. The molecule has 2 aromatic heterocycles. The maximum absolute atomic E-state index is 15.9. The minimum atomic E-state index is -1.59. The Morgan fingerprint density at radius 3 is 2.82 bits per heavy atom. The van der Waals surface area contributed by atoms with Gasteiger partial charge in [-0.2, -0.15) is 4.68 Å². The second kappa shape index (κ2) is 6.67. The molecule has 12 heteroatoms. The van der Waals surface area contributed by atoms with Crippen LogP contribution < -0.4 is 10.2 Å². The van der Waals surface area contributed by atoms with Crippen molar-refractivity contribution in [2.45, 2.75) is 44.9 Å². The normalized spacial score (nSPS) is 29.4. The zero-order chi connectivity index (χ0) is 23.1.